The van der Waals surface area contributed by atoms with Gasteiger partial charge in [0.05, 0.1) is 4.92 Å². The molecule has 4 nitrogen and oxygen atoms in total. The Morgan fingerprint density at radius 3 is 2.54 bits per heavy atom. The Balaban J connectivity index is 4.08. The fraction of sp³-hybridized carbons (Fsp3) is 0.600. The van der Waals surface area contributed by atoms with E-state index in [4.69, 9.17) is 0 Å². The standard InChI is InChI=1S/C5H7F3N2O2S/c1-13-4(2-10(11)12)9-3-5(6,7)8/h2,9H,3H2,1H3/b4-2+. The van der Waals surface area contributed by atoms with Crippen molar-refractivity contribution in [2.75, 3.05) is 12.8 Å². The van der Waals surface area contributed by atoms with Crippen LogP contribution in [-0.4, -0.2) is 23.9 Å². The van der Waals surface area contributed by atoms with E-state index in [1.165, 1.54) is 6.26 Å². The minimum absolute atomic E-state index is 0.123. The van der Waals surface area contributed by atoms with E-state index in [1.54, 1.807) is 0 Å². The molecule has 0 spiro atoms. The van der Waals surface area contributed by atoms with Crippen molar-refractivity contribution in [2.24, 2.45) is 0 Å². The van der Waals surface area contributed by atoms with Crippen LogP contribution in [0.15, 0.2) is 11.2 Å². The molecule has 8 heteroatoms. The van der Waals surface area contributed by atoms with Crippen LogP contribution in [0.4, 0.5) is 13.2 Å². The second-order valence-corrected chi connectivity index (χ2v) is 2.80. The topological polar surface area (TPSA) is 55.2 Å². The highest BCUT2D eigenvalue weighted by molar-refractivity contribution is 8.02. The number of nitrogens with zero attached hydrogens (tertiary/aromatic N) is 1. The summed E-state index contributed by atoms with van der Waals surface area (Å²) >= 11 is 0.847. The zero-order chi connectivity index (χ0) is 10.5. The lowest BCUT2D eigenvalue weighted by Gasteiger charge is -2.08. The van der Waals surface area contributed by atoms with Crippen molar-refractivity contribution in [1.29, 1.82) is 0 Å². The summed E-state index contributed by atoms with van der Waals surface area (Å²) in [5, 5.41) is 11.7. The van der Waals surface area contributed by atoms with Crippen LogP contribution in [0.25, 0.3) is 0 Å². The first kappa shape index (κ1) is 12.1. The second kappa shape index (κ2) is 4.95. The molecule has 76 valence electrons. The number of nitro groups is 1. The number of halogens is 3. The summed E-state index contributed by atoms with van der Waals surface area (Å²) in [6.07, 6.45) is -2.43. The Kier molecular flexibility index (Phi) is 4.60. The first-order valence-electron chi connectivity index (χ1n) is 3.05. The summed E-state index contributed by atoms with van der Waals surface area (Å²) in [6.45, 7) is -1.27. The van der Waals surface area contributed by atoms with Gasteiger partial charge in [-0.25, -0.2) is 0 Å². The van der Waals surface area contributed by atoms with Gasteiger partial charge in [0.1, 0.15) is 11.6 Å². The minimum atomic E-state index is -4.37. The van der Waals surface area contributed by atoms with E-state index in [9.17, 15) is 23.3 Å². The Bertz CT molecular complexity index is 216. The van der Waals surface area contributed by atoms with E-state index in [-0.39, 0.29) is 5.03 Å². The van der Waals surface area contributed by atoms with E-state index >= 15 is 0 Å². The molecular weight excluding hydrogens is 209 g/mol. The molecule has 0 aliphatic heterocycles. The highest BCUT2D eigenvalue weighted by Crippen LogP contribution is 2.15. The maximum atomic E-state index is 11.6. The van der Waals surface area contributed by atoms with E-state index < -0.39 is 17.6 Å². The summed E-state index contributed by atoms with van der Waals surface area (Å²) < 4.78 is 34.9. The largest absolute Gasteiger partial charge is 0.405 e. The molecule has 0 bridgehead atoms. The van der Waals surface area contributed by atoms with Crippen LogP contribution in [0.1, 0.15) is 0 Å². The predicted molar refractivity (Wildman–Crippen MR) is 42.7 cm³/mol. The molecule has 0 saturated carbocycles. The molecular formula is C5H7F3N2O2S. The molecule has 1 N–H and O–H groups in total. The zero-order valence-electron chi connectivity index (χ0n) is 6.59. The summed E-state index contributed by atoms with van der Waals surface area (Å²) in [6, 6.07) is 0. The SMILES string of the molecule is CS/C(=C/[N+](=O)[O-])NCC(F)(F)F. The molecule has 0 aromatic carbocycles. The van der Waals surface area contributed by atoms with Crippen molar-refractivity contribution in [3.8, 4) is 0 Å². The third-order valence-electron chi connectivity index (χ3n) is 0.906. The number of hydrogen-bond acceptors (Lipinski definition) is 4. The van der Waals surface area contributed by atoms with Gasteiger partial charge in [-0.3, -0.25) is 10.1 Å². The normalized spacial score (nSPS) is 12.8. The predicted octanol–water partition coefficient (Wildman–Crippen LogP) is 1.58. The lowest BCUT2D eigenvalue weighted by molar-refractivity contribution is -0.403. The maximum Gasteiger partial charge on any atom is 0.405 e. The number of alkyl halides is 3. The monoisotopic (exact) mass is 216 g/mol. The molecule has 0 saturated heterocycles. The van der Waals surface area contributed by atoms with Gasteiger partial charge in [0.15, 0.2) is 0 Å². The Morgan fingerprint density at radius 2 is 2.23 bits per heavy atom. The fourth-order valence-electron chi connectivity index (χ4n) is 0.454. The van der Waals surface area contributed by atoms with Gasteiger partial charge in [0, 0.05) is 0 Å². The Labute approximate surface area is 76.3 Å². The van der Waals surface area contributed by atoms with Crippen LogP contribution in [-0.2, 0) is 0 Å². The second-order valence-electron chi connectivity index (χ2n) is 1.95. The summed E-state index contributed by atoms with van der Waals surface area (Å²) in [5.41, 5.74) is 0. The molecule has 0 amide bonds. The quantitative estimate of drug-likeness (QED) is 0.572. The highest BCUT2D eigenvalue weighted by atomic mass is 32.2. The molecule has 0 unspecified atom stereocenters. The van der Waals surface area contributed by atoms with Gasteiger partial charge < -0.3 is 5.32 Å². The van der Waals surface area contributed by atoms with Crippen LogP contribution in [0.2, 0.25) is 0 Å². The van der Waals surface area contributed by atoms with Crippen LogP contribution in [0.5, 0.6) is 0 Å². The van der Waals surface area contributed by atoms with Crippen molar-refractivity contribution < 1.29 is 18.1 Å². The van der Waals surface area contributed by atoms with E-state index in [1.807, 2.05) is 5.32 Å². The van der Waals surface area contributed by atoms with E-state index in [2.05, 4.69) is 0 Å². The molecule has 0 fully saturated rings. The smallest absolute Gasteiger partial charge is 0.366 e. The van der Waals surface area contributed by atoms with Crippen molar-refractivity contribution in [2.45, 2.75) is 6.18 Å². The van der Waals surface area contributed by atoms with E-state index in [0.29, 0.717) is 6.20 Å². The van der Waals surface area contributed by atoms with Gasteiger partial charge in [0.25, 0.3) is 6.20 Å². The minimum Gasteiger partial charge on any atom is -0.366 e. The third-order valence-corrected chi connectivity index (χ3v) is 1.60. The van der Waals surface area contributed by atoms with Crippen LogP contribution < -0.4 is 5.32 Å². The molecule has 0 aliphatic carbocycles. The van der Waals surface area contributed by atoms with Crippen molar-refractivity contribution >= 4 is 11.8 Å². The lowest BCUT2D eigenvalue weighted by Crippen LogP contribution is -2.27. The molecule has 0 rings (SSSR count). The molecule has 0 aromatic rings. The van der Waals surface area contributed by atoms with Gasteiger partial charge in [-0.1, -0.05) is 0 Å². The fourth-order valence-corrected chi connectivity index (χ4v) is 0.862. The Hall–Kier alpha value is -0.920. The first-order valence-corrected chi connectivity index (χ1v) is 4.27. The van der Waals surface area contributed by atoms with E-state index in [0.717, 1.165) is 11.8 Å². The zero-order valence-corrected chi connectivity index (χ0v) is 7.41. The van der Waals surface area contributed by atoms with Crippen LogP contribution >= 0.6 is 11.8 Å². The molecule has 0 radical (unpaired) electrons. The average Bonchev–Trinajstić information content (AvgIpc) is 1.95. The van der Waals surface area contributed by atoms with Gasteiger partial charge in [0.2, 0.25) is 0 Å². The van der Waals surface area contributed by atoms with Crippen molar-refractivity contribution in [3.63, 3.8) is 0 Å². The van der Waals surface area contributed by atoms with Gasteiger partial charge >= 0.3 is 6.18 Å². The molecule has 0 aliphatic rings. The van der Waals surface area contributed by atoms with Crippen LogP contribution in [0.3, 0.4) is 0 Å². The molecule has 0 heterocycles. The van der Waals surface area contributed by atoms with Crippen LogP contribution in [0, 0.1) is 10.1 Å². The number of nitrogens with one attached hydrogen (secondary N) is 1. The summed E-state index contributed by atoms with van der Waals surface area (Å²) in [7, 11) is 0. The average molecular weight is 216 g/mol. The van der Waals surface area contributed by atoms with Crippen molar-refractivity contribution in [1.82, 2.24) is 5.32 Å². The molecule has 0 aromatic heterocycles. The summed E-state index contributed by atoms with van der Waals surface area (Å²) in [5.74, 6) is 0. The summed E-state index contributed by atoms with van der Waals surface area (Å²) in [4.78, 5) is 9.08. The molecule has 13 heavy (non-hydrogen) atoms. The highest BCUT2D eigenvalue weighted by Gasteiger charge is 2.27. The van der Waals surface area contributed by atoms with Gasteiger partial charge in [-0.05, 0) is 6.26 Å². The number of hydrogen-bond donors (Lipinski definition) is 1. The van der Waals surface area contributed by atoms with Gasteiger partial charge in [-0.2, -0.15) is 13.2 Å². The molecule has 0 atom stereocenters. The van der Waals surface area contributed by atoms with Crippen molar-refractivity contribution in [3.05, 3.63) is 21.3 Å². The number of thioether (sulfide) groups is 1. The Morgan fingerprint density at radius 1 is 1.69 bits per heavy atom. The lowest BCUT2D eigenvalue weighted by atomic mass is 10.6. The first-order chi connectivity index (χ1) is 5.85. The third kappa shape index (κ3) is 7.44. The maximum absolute atomic E-state index is 11.6. The number of rotatable bonds is 4. The van der Waals surface area contributed by atoms with Gasteiger partial charge in [-0.15, -0.1) is 11.8 Å².